The van der Waals surface area contributed by atoms with Crippen LogP contribution in [0.5, 0.6) is 0 Å². The third-order valence-electron chi connectivity index (χ3n) is 3.03. The predicted molar refractivity (Wildman–Crippen MR) is 67.5 cm³/mol. The van der Waals surface area contributed by atoms with E-state index in [1.165, 1.54) is 12.8 Å². The second-order valence-corrected chi connectivity index (χ2v) is 4.44. The van der Waals surface area contributed by atoms with Crippen molar-refractivity contribution in [2.45, 2.75) is 32.3 Å². The predicted octanol–water partition coefficient (Wildman–Crippen LogP) is 0.531. The van der Waals surface area contributed by atoms with E-state index in [1.807, 2.05) is 0 Å². The summed E-state index contributed by atoms with van der Waals surface area (Å²) in [6.45, 7) is 4.85. The Morgan fingerprint density at radius 1 is 1.71 bits per heavy atom. The molecular weight excluding hydrogens is 216 g/mol. The highest BCUT2D eigenvalue weighted by molar-refractivity contribution is 5.80. The monoisotopic (exact) mass is 238 g/mol. The molecule has 0 aromatic carbocycles. The van der Waals surface area contributed by atoms with Gasteiger partial charge in [0.25, 0.3) is 0 Å². The van der Waals surface area contributed by atoms with Gasteiger partial charge >= 0.3 is 0 Å². The van der Waals surface area contributed by atoms with E-state index in [1.54, 1.807) is 6.92 Å². The topological polar surface area (TPSA) is 50.4 Å². The van der Waals surface area contributed by atoms with Gasteiger partial charge in [0, 0.05) is 6.61 Å². The molecule has 1 amide bonds. The van der Waals surface area contributed by atoms with Gasteiger partial charge in [-0.15, -0.1) is 6.42 Å². The zero-order valence-corrected chi connectivity index (χ0v) is 10.5. The lowest BCUT2D eigenvalue weighted by Crippen LogP contribution is -2.35. The molecule has 0 saturated carbocycles. The minimum atomic E-state index is -0.417. The number of amides is 1. The van der Waals surface area contributed by atoms with Gasteiger partial charge in [-0.2, -0.15) is 0 Å². The van der Waals surface area contributed by atoms with Crippen molar-refractivity contribution in [3.63, 3.8) is 0 Å². The van der Waals surface area contributed by atoms with Crippen molar-refractivity contribution in [3.8, 4) is 12.3 Å². The van der Waals surface area contributed by atoms with E-state index in [0.717, 1.165) is 19.5 Å². The Hall–Kier alpha value is -1.05. The fourth-order valence-electron chi connectivity index (χ4n) is 1.94. The standard InChI is InChI=1S/C13H22N2O2/c1-3-7-15-13(16)11(2)17-9-6-12-5-4-8-14-10-12/h1,11-12,14H,4-10H2,2H3,(H,15,16). The van der Waals surface area contributed by atoms with Crippen LogP contribution in [0.15, 0.2) is 0 Å². The van der Waals surface area contributed by atoms with Gasteiger partial charge in [-0.3, -0.25) is 4.79 Å². The highest BCUT2D eigenvalue weighted by Crippen LogP contribution is 2.14. The van der Waals surface area contributed by atoms with Crippen molar-refractivity contribution >= 4 is 5.91 Å². The largest absolute Gasteiger partial charge is 0.369 e. The summed E-state index contributed by atoms with van der Waals surface area (Å²) in [7, 11) is 0. The molecule has 17 heavy (non-hydrogen) atoms. The molecule has 0 aliphatic carbocycles. The molecule has 2 unspecified atom stereocenters. The highest BCUT2D eigenvalue weighted by atomic mass is 16.5. The van der Waals surface area contributed by atoms with Crippen LogP contribution in [0.1, 0.15) is 26.2 Å². The maximum atomic E-state index is 11.4. The van der Waals surface area contributed by atoms with E-state index in [4.69, 9.17) is 11.2 Å². The SMILES string of the molecule is C#CCNC(=O)C(C)OCCC1CCCNC1. The summed E-state index contributed by atoms with van der Waals surface area (Å²) in [6, 6.07) is 0. The summed E-state index contributed by atoms with van der Waals surface area (Å²) in [5.74, 6) is 2.92. The Morgan fingerprint density at radius 3 is 3.18 bits per heavy atom. The molecule has 0 bridgehead atoms. The average molecular weight is 238 g/mol. The number of terminal acetylenes is 1. The Bertz CT molecular complexity index is 267. The number of nitrogens with one attached hydrogen (secondary N) is 2. The fourth-order valence-corrected chi connectivity index (χ4v) is 1.94. The number of piperidine rings is 1. The number of rotatable bonds is 6. The van der Waals surface area contributed by atoms with Crippen LogP contribution in [0.2, 0.25) is 0 Å². The molecule has 2 atom stereocenters. The summed E-state index contributed by atoms with van der Waals surface area (Å²) in [5.41, 5.74) is 0. The second-order valence-electron chi connectivity index (χ2n) is 4.44. The van der Waals surface area contributed by atoms with Crippen LogP contribution in [0.3, 0.4) is 0 Å². The van der Waals surface area contributed by atoms with Crippen LogP contribution in [-0.2, 0) is 9.53 Å². The molecule has 1 rings (SSSR count). The number of ether oxygens (including phenoxy) is 1. The highest BCUT2D eigenvalue weighted by Gasteiger charge is 2.15. The van der Waals surface area contributed by atoms with Crippen LogP contribution >= 0.6 is 0 Å². The molecule has 2 N–H and O–H groups in total. The van der Waals surface area contributed by atoms with Gasteiger partial charge in [-0.1, -0.05) is 5.92 Å². The van der Waals surface area contributed by atoms with Crippen LogP contribution in [0.25, 0.3) is 0 Å². The van der Waals surface area contributed by atoms with Crippen LogP contribution in [0, 0.1) is 18.3 Å². The molecule has 1 fully saturated rings. The molecule has 96 valence electrons. The van der Waals surface area contributed by atoms with Crippen LogP contribution < -0.4 is 10.6 Å². The summed E-state index contributed by atoms with van der Waals surface area (Å²) in [6.07, 6.45) is 8.16. The molecule has 4 heteroatoms. The van der Waals surface area contributed by atoms with E-state index < -0.39 is 6.10 Å². The lowest BCUT2D eigenvalue weighted by molar-refractivity contribution is -0.131. The van der Waals surface area contributed by atoms with Crippen molar-refractivity contribution in [3.05, 3.63) is 0 Å². The van der Waals surface area contributed by atoms with Gasteiger partial charge in [0.05, 0.1) is 6.54 Å². The van der Waals surface area contributed by atoms with Crippen molar-refractivity contribution < 1.29 is 9.53 Å². The second kappa shape index (κ2) is 8.10. The molecule has 1 aliphatic rings. The van der Waals surface area contributed by atoms with Crippen molar-refractivity contribution in [1.29, 1.82) is 0 Å². The molecule has 1 saturated heterocycles. The van der Waals surface area contributed by atoms with E-state index in [0.29, 0.717) is 12.5 Å². The van der Waals surface area contributed by atoms with E-state index in [9.17, 15) is 4.79 Å². The first-order chi connectivity index (χ1) is 8.24. The first kappa shape index (κ1) is 14.0. The Morgan fingerprint density at radius 2 is 2.53 bits per heavy atom. The average Bonchev–Trinajstić information content (AvgIpc) is 2.37. The third kappa shape index (κ3) is 5.71. The number of carbonyl (C=O) groups excluding carboxylic acids is 1. The van der Waals surface area contributed by atoms with E-state index in [-0.39, 0.29) is 12.5 Å². The Labute approximate surface area is 103 Å². The lowest BCUT2D eigenvalue weighted by Gasteiger charge is -2.23. The smallest absolute Gasteiger partial charge is 0.249 e. The molecule has 0 spiro atoms. The molecule has 0 aromatic rings. The minimum Gasteiger partial charge on any atom is -0.369 e. The Balaban J connectivity index is 2.08. The van der Waals surface area contributed by atoms with Crippen molar-refractivity contribution in [1.82, 2.24) is 10.6 Å². The molecule has 1 heterocycles. The molecular formula is C13H22N2O2. The first-order valence-electron chi connectivity index (χ1n) is 6.27. The molecule has 0 radical (unpaired) electrons. The van der Waals surface area contributed by atoms with Crippen LogP contribution in [0.4, 0.5) is 0 Å². The number of hydrogen-bond acceptors (Lipinski definition) is 3. The van der Waals surface area contributed by atoms with Gasteiger partial charge in [0.2, 0.25) is 5.91 Å². The zero-order valence-electron chi connectivity index (χ0n) is 10.5. The summed E-state index contributed by atoms with van der Waals surface area (Å²) in [5, 5.41) is 5.97. The van der Waals surface area contributed by atoms with Gasteiger partial charge < -0.3 is 15.4 Å². The lowest BCUT2D eigenvalue weighted by atomic mass is 9.97. The van der Waals surface area contributed by atoms with Gasteiger partial charge in [0.15, 0.2) is 0 Å². The van der Waals surface area contributed by atoms with Crippen molar-refractivity contribution in [2.24, 2.45) is 5.92 Å². The quantitative estimate of drug-likeness (QED) is 0.664. The minimum absolute atomic E-state index is 0.135. The van der Waals surface area contributed by atoms with E-state index >= 15 is 0 Å². The van der Waals surface area contributed by atoms with Gasteiger partial charge in [-0.25, -0.2) is 0 Å². The van der Waals surface area contributed by atoms with E-state index in [2.05, 4.69) is 16.6 Å². The summed E-state index contributed by atoms with van der Waals surface area (Å²) >= 11 is 0. The zero-order chi connectivity index (χ0) is 12.5. The number of hydrogen-bond donors (Lipinski definition) is 2. The maximum absolute atomic E-state index is 11.4. The Kier molecular flexibility index (Phi) is 6.68. The van der Waals surface area contributed by atoms with Crippen molar-refractivity contribution in [2.75, 3.05) is 26.2 Å². The van der Waals surface area contributed by atoms with Gasteiger partial charge in [-0.05, 0) is 45.2 Å². The normalized spacial score (nSPS) is 21.5. The maximum Gasteiger partial charge on any atom is 0.249 e. The molecule has 1 aliphatic heterocycles. The number of carbonyl (C=O) groups is 1. The first-order valence-corrected chi connectivity index (χ1v) is 6.27. The third-order valence-corrected chi connectivity index (χ3v) is 3.03. The molecule has 0 aromatic heterocycles. The molecule has 4 nitrogen and oxygen atoms in total. The summed E-state index contributed by atoms with van der Waals surface area (Å²) in [4.78, 5) is 11.4. The van der Waals surface area contributed by atoms with Crippen LogP contribution in [-0.4, -0.2) is 38.3 Å². The summed E-state index contributed by atoms with van der Waals surface area (Å²) < 4.78 is 5.50. The fraction of sp³-hybridized carbons (Fsp3) is 0.769. The van der Waals surface area contributed by atoms with Gasteiger partial charge in [0.1, 0.15) is 6.10 Å².